The minimum absolute atomic E-state index is 0.183. The number of carbonyl (C=O) groups excluding carboxylic acids is 2. The number of rotatable bonds is 11. The summed E-state index contributed by atoms with van der Waals surface area (Å²) >= 11 is 0. The van der Waals surface area contributed by atoms with Gasteiger partial charge in [0.1, 0.15) is 12.1 Å². The van der Waals surface area contributed by atoms with Crippen molar-refractivity contribution in [1.82, 2.24) is 5.32 Å². The van der Waals surface area contributed by atoms with Crippen molar-refractivity contribution in [3.05, 3.63) is 12.7 Å². The third-order valence-electron chi connectivity index (χ3n) is 2.64. The fraction of sp³-hybridized carbons (Fsp3) is 0.643. The molecule has 1 atom stereocenters. The Bertz CT molecular complexity index is 381. The number of halogens is 2. The van der Waals surface area contributed by atoms with Crippen LogP contribution < -0.4 is 5.32 Å². The number of nitrogens with zero attached hydrogens (tertiary/aromatic N) is 1. The van der Waals surface area contributed by atoms with E-state index in [1.807, 2.05) is 0 Å². The van der Waals surface area contributed by atoms with Crippen molar-refractivity contribution < 1.29 is 23.1 Å². The van der Waals surface area contributed by atoms with Crippen LogP contribution in [0, 0.1) is 11.3 Å². The van der Waals surface area contributed by atoms with Crippen LogP contribution in [-0.2, 0) is 14.3 Å². The van der Waals surface area contributed by atoms with Gasteiger partial charge in [-0.2, -0.15) is 5.26 Å². The molecular weight excluding hydrogens is 282 g/mol. The minimum Gasteiger partial charge on any atom is -0.449 e. The Kier molecular flexibility index (Phi) is 10.7. The summed E-state index contributed by atoms with van der Waals surface area (Å²) in [5.74, 6) is -1.07. The Balaban J connectivity index is 4.32. The van der Waals surface area contributed by atoms with E-state index in [-0.39, 0.29) is 31.6 Å². The molecule has 0 bridgehead atoms. The molecule has 0 aliphatic carbocycles. The van der Waals surface area contributed by atoms with Crippen LogP contribution >= 0.6 is 0 Å². The summed E-state index contributed by atoms with van der Waals surface area (Å²) in [4.78, 5) is 23.3. The predicted molar refractivity (Wildman–Crippen MR) is 72.4 cm³/mol. The molecule has 0 spiro atoms. The van der Waals surface area contributed by atoms with Crippen LogP contribution in [0.1, 0.15) is 38.5 Å². The molecular formula is C14H20F2N2O3. The number of hydrogen-bond acceptors (Lipinski definition) is 4. The minimum atomic E-state index is -2.38. The van der Waals surface area contributed by atoms with Crippen LogP contribution in [0.4, 0.5) is 8.78 Å². The van der Waals surface area contributed by atoms with E-state index in [2.05, 4.69) is 16.6 Å². The van der Waals surface area contributed by atoms with Gasteiger partial charge in [-0.3, -0.25) is 4.79 Å². The van der Waals surface area contributed by atoms with Gasteiger partial charge in [-0.1, -0.05) is 12.5 Å². The molecule has 1 amide bonds. The summed E-state index contributed by atoms with van der Waals surface area (Å²) in [7, 11) is 0. The normalized spacial score (nSPS) is 11.5. The lowest BCUT2D eigenvalue weighted by atomic mass is 10.1. The standard InChI is InChI=1S/C14H20F2N2O3/c1-2-3-8-13(19)18-11(14(20)21-10-9-17)6-4-5-7-12(15)16/h2,11-12H,1,3-8,10H2,(H,18,19)/t11-/m0/s1. The van der Waals surface area contributed by atoms with Gasteiger partial charge in [-0.15, -0.1) is 6.58 Å². The predicted octanol–water partition coefficient (Wildman–Crippen LogP) is 2.33. The van der Waals surface area contributed by atoms with Gasteiger partial charge < -0.3 is 10.1 Å². The Hall–Kier alpha value is -1.97. The van der Waals surface area contributed by atoms with Crippen LogP contribution in [0.25, 0.3) is 0 Å². The number of alkyl halides is 2. The highest BCUT2D eigenvalue weighted by molar-refractivity contribution is 5.84. The molecule has 1 N–H and O–H groups in total. The fourth-order valence-corrected chi connectivity index (χ4v) is 1.60. The van der Waals surface area contributed by atoms with E-state index in [4.69, 9.17) is 5.26 Å². The number of nitriles is 1. The van der Waals surface area contributed by atoms with Crippen molar-refractivity contribution >= 4 is 11.9 Å². The van der Waals surface area contributed by atoms with Crippen molar-refractivity contribution in [2.24, 2.45) is 0 Å². The van der Waals surface area contributed by atoms with E-state index in [1.54, 1.807) is 12.1 Å². The number of unbranched alkanes of at least 4 members (excludes halogenated alkanes) is 1. The van der Waals surface area contributed by atoms with Gasteiger partial charge in [0.05, 0.1) is 0 Å². The van der Waals surface area contributed by atoms with Crippen molar-refractivity contribution in [2.45, 2.75) is 51.0 Å². The maximum Gasteiger partial charge on any atom is 0.329 e. The Morgan fingerprint density at radius 2 is 2.00 bits per heavy atom. The van der Waals surface area contributed by atoms with Crippen molar-refractivity contribution in [2.75, 3.05) is 6.61 Å². The first-order chi connectivity index (χ1) is 10.0. The molecule has 0 aliphatic rings. The summed E-state index contributed by atoms with van der Waals surface area (Å²) in [6.45, 7) is 3.08. The largest absolute Gasteiger partial charge is 0.449 e. The zero-order valence-corrected chi connectivity index (χ0v) is 11.8. The average molecular weight is 302 g/mol. The molecule has 0 rings (SSSR count). The van der Waals surface area contributed by atoms with E-state index in [0.717, 1.165) is 0 Å². The summed E-state index contributed by atoms with van der Waals surface area (Å²) in [6.07, 6.45) is 0.420. The average Bonchev–Trinajstić information content (AvgIpc) is 2.45. The number of hydrogen-bond donors (Lipinski definition) is 1. The topological polar surface area (TPSA) is 79.2 Å². The van der Waals surface area contributed by atoms with E-state index in [0.29, 0.717) is 12.8 Å². The smallest absolute Gasteiger partial charge is 0.329 e. The second-order valence-electron chi connectivity index (χ2n) is 4.39. The van der Waals surface area contributed by atoms with Crippen LogP contribution in [0.3, 0.4) is 0 Å². The third kappa shape index (κ3) is 10.5. The van der Waals surface area contributed by atoms with Crippen LogP contribution in [0.5, 0.6) is 0 Å². The van der Waals surface area contributed by atoms with Crippen molar-refractivity contribution in [3.8, 4) is 6.07 Å². The summed E-state index contributed by atoms with van der Waals surface area (Å²) < 4.78 is 28.7. The number of esters is 1. The van der Waals surface area contributed by atoms with E-state index < -0.39 is 25.0 Å². The van der Waals surface area contributed by atoms with Crippen molar-refractivity contribution in [3.63, 3.8) is 0 Å². The molecule has 0 heterocycles. The maximum atomic E-state index is 12.0. The molecule has 0 aromatic carbocycles. The lowest BCUT2D eigenvalue weighted by molar-refractivity contribution is -0.146. The molecule has 7 heteroatoms. The highest BCUT2D eigenvalue weighted by atomic mass is 19.3. The van der Waals surface area contributed by atoms with Gasteiger partial charge in [-0.25, -0.2) is 13.6 Å². The van der Waals surface area contributed by atoms with E-state index in [1.165, 1.54) is 0 Å². The molecule has 0 unspecified atom stereocenters. The lowest BCUT2D eigenvalue weighted by Crippen LogP contribution is -2.41. The van der Waals surface area contributed by atoms with Gasteiger partial charge in [-0.05, 0) is 19.3 Å². The lowest BCUT2D eigenvalue weighted by Gasteiger charge is -2.16. The summed E-state index contributed by atoms with van der Waals surface area (Å²) in [5.41, 5.74) is 0. The number of allylic oxidation sites excluding steroid dienone is 1. The maximum absolute atomic E-state index is 12.0. The van der Waals surface area contributed by atoms with Crippen LogP contribution in [0.2, 0.25) is 0 Å². The van der Waals surface area contributed by atoms with Gasteiger partial charge >= 0.3 is 5.97 Å². The second kappa shape index (κ2) is 11.8. The number of ether oxygens (including phenoxy) is 1. The molecule has 0 aromatic heterocycles. The SMILES string of the molecule is C=CCCC(=O)N[C@@H](CCCCC(F)F)C(=O)OCC#N. The Morgan fingerprint density at radius 3 is 2.57 bits per heavy atom. The molecule has 0 saturated carbocycles. The Labute approximate surface area is 123 Å². The molecule has 5 nitrogen and oxygen atoms in total. The zero-order valence-electron chi connectivity index (χ0n) is 11.8. The molecule has 0 saturated heterocycles. The molecule has 0 aliphatic heterocycles. The summed E-state index contributed by atoms with van der Waals surface area (Å²) in [6, 6.07) is 0.746. The molecule has 0 fully saturated rings. The quantitative estimate of drug-likeness (QED) is 0.361. The highest BCUT2D eigenvalue weighted by Crippen LogP contribution is 2.10. The molecule has 0 aromatic rings. The number of amides is 1. The molecule has 0 radical (unpaired) electrons. The van der Waals surface area contributed by atoms with E-state index >= 15 is 0 Å². The zero-order chi connectivity index (χ0) is 16.1. The molecule has 118 valence electrons. The second-order valence-corrected chi connectivity index (χ2v) is 4.39. The van der Waals surface area contributed by atoms with Gasteiger partial charge in [0.25, 0.3) is 0 Å². The molecule has 21 heavy (non-hydrogen) atoms. The first kappa shape index (κ1) is 19.0. The first-order valence-corrected chi connectivity index (χ1v) is 6.73. The van der Waals surface area contributed by atoms with Gasteiger partial charge in [0, 0.05) is 12.8 Å². The Morgan fingerprint density at radius 1 is 1.33 bits per heavy atom. The van der Waals surface area contributed by atoms with Crippen LogP contribution in [-0.4, -0.2) is 31.0 Å². The highest BCUT2D eigenvalue weighted by Gasteiger charge is 2.21. The first-order valence-electron chi connectivity index (χ1n) is 6.73. The fourth-order valence-electron chi connectivity index (χ4n) is 1.60. The monoisotopic (exact) mass is 302 g/mol. The van der Waals surface area contributed by atoms with E-state index in [9.17, 15) is 18.4 Å². The number of nitrogens with one attached hydrogen (secondary N) is 1. The summed E-state index contributed by atoms with van der Waals surface area (Å²) in [5, 5.41) is 10.9. The van der Waals surface area contributed by atoms with Gasteiger partial charge in [0.2, 0.25) is 12.3 Å². The number of carbonyl (C=O) groups is 2. The van der Waals surface area contributed by atoms with Crippen molar-refractivity contribution in [1.29, 1.82) is 5.26 Å². The van der Waals surface area contributed by atoms with Crippen LogP contribution in [0.15, 0.2) is 12.7 Å². The van der Waals surface area contributed by atoms with Gasteiger partial charge in [0.15, 0.2) is 6.61 Å². The third-order valence-corrected chi connectivity index (χ3v) is 2.64.